The van der Waals surface area contributed by atoms with Crippen molar-refractivity contribution in [3.63, 3.8) is 0 Å². The summed E-state index contributed by atoms with van der Waals surface area (Å²) in [5, 5.41) is 6.13. The Morgan fingerprint density at radius 1 is 0.927 bits per heavy atom. The zero-order chi connectivity index (χ0) is 30.6. The van der Waals surface area contributed by atoms with Crippen LogP contribution in [0.5, 0.6) is 0 Å². The smallest absolute Gasteiger partial charge is 0.224 e. The number of benzene rings is 1. The van der Waals surface area contributed by atoms with E-state index in [-0.39, 0.29) is 41.8 Å². The third-order valence-electron chi connectivity index (χ3n) is 7.97. The molecular weight excluding hydrogens is 512 g/mol. The molecule has 0 bridgehead atoms. The zero-order valence-electron chi connectivity index (χ0n) is 26.7. The Bertz CT molecular complexity index is 1070. The second-order valence-electron chi connectivity index (χ2n) is 13.3. The van der Waals surface area contributed by atoms with E-state index in [1.807, 2.05) is 20.8 Å². The molecule has 1 heterocycles. The number of hydrogen-bond donors (Lipinski definition) is 3. The molecule has 0 saturated carbocycles. The van der Waals surface area contributed by atoms with Gasteiger partial charge in [0.2, 0.25) is 11.8 Å². The van der Waals surface area contributed by atoms with Crippen molar-refractivity contribution in [3.05, 3.63) is 53.6 Å². The summed E-state index contributed by atoms with van der Waals surface area (Å²) in [7, 11) is 0. The number of carbonyl (C=O) groups is 3. The highest BCUT2D eigenvalue weighted by Gasteiger charge is 2.32. The van der Waals surface area contributed by atoms with E-state index in [0.29, 0.717) is 31.2 Å². The number of carbonyl (C=O) groups excluding carboxylic acids is 3. The lowest BCUT2D eigenvalue weighted by Crippen LogP contribution is -2.48. The Hall–Kier alpha value is -2.96. The van der Waals surface area contributed by atoms with Crippen LogP contribution in [0.4, 0.5) is 0 Å². The minimum Gasteiger partial charge on any atom is -0.352 e. The van der Waals surface area contributed by atoms with E-state index in [9.17, 15) is 14.4 Å². The number of imidazole rings is 1. The highest BCUT2D eigenvalue weighted by atomic mass is 16.2. The number of rotatable bonds is 17. The third-order valence-corrected chi connectivity index (χ3v) is 7.97. The molecule has 1 unspecified atom stereocenters. The summed E-state index contributed by atoms with van der Waals surface area (Å²) >= 11 is 0. The number of Topliss-reactive ketones (excluding diaryl/α,β-unsaturated/α-hetero) is 1. The second-order valence-corrected chi connectivity index (χ2v) is 13.3. The predicted molar refractivity (Wildman–Crippen MR) is 166 cm³/mol. The number of ketones is 1. The van der Waals surface area contributed by atoms with Gasteiger partial charge in [-0.25, -0.2) is 4.98 Å². The van der Waals surface area contributed by atoms with Crippen molar-refractivity contribution in [2.45, 2.75) is 113 Å². The Kier molecular flexibility index (Phi) is 13.8. The first-order chi connectivity index (χ1) is 19.3. The Labute approximate surface area is 248 Å². The van der Waals surface area contributed by atoms with Gasteiger partial charge in [0.05, 0.1) is 12.4 Å². The van der Waals surface area contributed by atoms with Gasteiger partial charge in [-0.3, -0.25) is 14.4 Å². The van der Waals surface area contributed by atoms with Crippen LogP contribution in [0.25, 0.3) is 0 Å². The zero-order valence-corrected chi connectivity index (χ0v) is 26.7. The fourth-order valence-corrected chi connectivity index (χ4v) is 5.03. The summed E-state index contributed by atoms with van der Waals surface area (Å²) < 4.78 is 0. The largest absolute Gasteiger partial charge is 0.352 e. The average Bonchev–Trinajstić information content (AvgIpc) is 3.44. The van der Waals surface area contributed by atoms with Gasteiger partial charge in [-0.1, -0.05) is 86.1 Å². The standard InChI is InChI=1S/C34H54N4O3/c1-9-24(5)31(38-33(41)27(10-2)18-29-21-35-22-37-29)30(39)19-28(17-23(3)4)32(40)36-20-26-13-11-25(12-14-26)15-16-34(6,7)8/h11-14,21-24,27-28,31H,9-10,15-20H2,1-8H3,(H,35,37)(H,36,40)(H,38,41)/t24?,27-,28+,31-/m0/s1. The lowest BCUT2D eigenvalue weighted by atomic mass is 9.85. The Morgan fingerprint density at radius 2 is 1.59 bits per heavy atom. The monoisotopic (exact) mass is 566 g/mol. The predicted octanol–water partition coefficient (Wildman–Crippen LogP) is 6.43. The topological polar surface area (TPSA) is 104 Å². The summed E-state index contributed by atoms with van der Waals surface area (Å²) in [5.74, 6) is -0.784. The Balaban J connectivity index is 2.04. The lowest BCUT2D eigenvalue weighted by molar-refractivity contribution is -0.134. The molecule has 0 spiro atoms. The van der Waals surface area contributed by atoms with Gasteiger partial charge in [0, 0.05) is 43.1 Å². The van der Waals surface area contributed by atoms with Gasteiger partial charge in [0.25, 0.3) is 0 Å². The minimum absolute atomic E-state index is 0.0318. The maximum Gasteiger partial charge on any atom is 0.224 e. The van der Waals surface area contributed by atoms with Crippen LogP contribution < -0.4 is 10.6 Å². The highest BCUT2D eigenvalue weighted by molar-refractivity contribution is 5.93. The fraction of sp³-hybridized carbons (Fsp3) is 0.647. The number of H-pyrrole nitrogens is 1. The molecule has 2 aromatic rings. The molecule has 1 aromatic carbocycles. The van der Waals surface area contributed by atoms with Crippen LogP contribution in [-0.4, -0.2) is 33.6 Å². The van der Waals surface area contributed by atoms with E-state index in [4.69, 9.17) is 0 Å². The van der Waals surface area contributed by atoms with E-state index < -0.39 is 12.0 Å². The first-order valence-corrected chi connectivity index (χ1v) is 15.5. The van der Waals surface area contributed by atoms with Gasteiger partial charge >= 0.3 is 0 Å². The van der Waals surface area contributed by atoms with Gasteiger partial charge in [-0.2, -0.15) is 0 Å². The van der Waals surface area contributed by atoms with Gasteiger partial charge in [0.1, 0.15) is 0 Å². The van der Waals surface area contributed by atoms with Crippen LogP contribution in [0.15, 0.2) is 36.8 Å². The molecule has 0 aliphatic rings. The average molecular weight is 567 g/mol. The van der Waals surface area contributed by atoms with Crippen LogP contribution in [0.1, 0.15) is 104 Å². The number of aromatic amines is 1. The maximum atomic E-state index is 13.6. The minimum atomic E-state index is -0.619. The normalized spacial score (nSPS) is 14.8. The molecule has 1 aromatic heterocycles. The van der Waals surface area contributed by atoms with E-state index in [1.165, 1.54) is 5.56 Å². The summed E-state index contributed by atoms with van der Waals surface area (Å²) in [5.41, 5.74) is 3.53. The summed E-state index contributed by atoms with van der Waals surface area (Å²) in [6.45, 7) is 17.3. The molecule has 7 nitrogen and oxygen atoms in total. The van der Waals surface area contributed by atoms with Gasteiger partial charge in [0.15, 0.2) is 5.78 Å². The first-order valence-electron chi connectivity index (χ1n) is 15.5. The van der Waals surface area contributed by atoms with Crippen molar-refractivity contribution >= 4 is 17.6 Å². The molecule has 4 atom stereocenters. The molecule has 0 fully saturated rings. The van der Waals surface area contributed by atoms with E-state index in [1.54, 1.807) is 12.5 Å². The molecule has 0 radical (unpaired) electrons. The van der Waals surface area contributed by atoms with E-state index in [2.05, 4.69) is 79.5 Å². The van der Waals surface area contributed by atoms with Gasteiger partial charge in [-0.05, 0) is 54.1 Å². The summed E-state index contributed by atoms with van der Waals surface area (Å²) in [4.78, 5) is 47.3. The quantitative estimate of drug-likeness (QED) is 0.205. The molecule has 41 heavy (non-hydrogen) atoms. The van der Waals surface area contributed by atoms with Crippen LogP contribution in [0.2, 0.25) is 0 Å². The molecule has 0 aliphatic carbocycles. The molecule has 0 saturated heterocycles. The summed E-state index contributed by atoms with van der Waals surface area (Å²) in [6.07, 6.45) is 8.16. The lowest BCUT2D eigenvalue weighted by Gasteiger charge is -2.27. The number of nitrogens with zero attached hydrogens (tertiary/aromatic N) is 1. The van der Waals surface area contributed by atoms with Crippen LogP contribution in [0.3, 0.4) is 0 Å². The van der Waals surface area contributed by atoms with Crippen molar-refractivity contribution < 1.29 is 14.4 Å². The van der Waals surface area contributed by atoms with Crippen molar-refractivity contribution in [1.82, 2.24) is 20.6 Å². The molecular formula is C34H54N4O3. The van der Waals surface area contributed by atoms with Crippen molar-refractivity contribution in [2.75, 3.05) is 0 Å². The number of hydrogen-bond acceptors (Lipinski definition) is 4. The highest BCUT2D eigenvalue weighted by Crippen LogP contribution is 2.23. The molecule has 228 valence electrons. The molecule has 7 heteroatoms. The SMILES string of the molecule is CCC(C)[C@H](NC(=O)[C@@H](CC)Cc1cnc[nH]1)C(=O)C[C@@H](CC(C)C)C(=O)NCc1ccc(CCC(C)(C)C)cc1. The van der Waals surface area contributed by atoms with Crippen LogP contribution >= 0.6 is 0 Å². The van der Waals surface area contributed by atoms with Crippen molar-refractivity contribution in [2.24, 2.45) is 29.1 Å². The number of aryl methyl sites for hydroxylation is 1. The molecule has 2 rings (SSSR count). The molecule has 0 aliphatic heterocycles. The van der Waals surface area contributed by atoms with Gasteiger partial charge < -0.3 is 15.6 Å². The van der Waals surface area contributed by atoms with Crippen molar-refractivity contribution in [3.8, 4) is 0 Å². The second kappa shape index (κ2) is 16.5. The van der Waals surface area contributed by atoms with Crippen LogP contribution in [0, 0.1) is 29.1 Å². The Morgan fingerprint density at radius 3 is 2.12 bits per heavy atom. The molecule has 3 N–H and O–H groups in total. The van der Waals surface area contributed by atoms with E-state index in [0.717, 1.165) is 30.5 Å². The van der Waals surface area contributed by atoms with E-state index >= 15 is 0 Å². The van der Waals surface area contributed by atoms with Gasteiger partial charge in [-0.15, -0.1) is 0 Å². The number of amides is 2. The number of nitrogens with one attached hydrogen (secondary N) is 3. The maximum absolute atomic E-state index is 13.6. The van der Waals surface area contributed by atoms with Crippen LogP contribution in [-0.2, 0) is 33.8 Å². The third kappa shape index (κ3) is 12.2. The molecule has 2 amide bonds. The number of aromatic nitrogens is 2. The fourth-order valence-electron chi connectivity index (χ4n) is 5.03. The first kappa shape index (κ1) is 34.2. The summed E-state index contributed by atoms with van der Waals surface area (Å²) in [6, 6.07) is 7.80. The van der Waals surface area contributed by atoms with Crippen molar-refractivity contribution in [1.29, 1.82) is 0 Å².